The number of likely N-dealkylation sites (N-methyl/N-ethyl adjacent to an activating group) is 1. The van der Waals surface area contributed by atoms with Crippen LogP contribution in [-0.4, -0.2) is 33.0 Å². The highest BCUT2D eigenvalue weighted by Crippen LogP contribution is 1.90. The Kier molecular flexibility index (Phi) is 4.66. The van der Waals surface area contributed by atoms with E-state index in [1.54, 1.807) is 14.0 Å². The minimum atomic E-state index is -0.636. The van der Waals surface area contributed by atoms with Crippen molar-refractivity contribution >= 4 is 6.16 Å². The summed E-state index contributed by atoms with van der Waals surface area (Å²) in [5.41, 5.74) is 0. The molecule has 0 saturated heterocycles. The quantitative estimate of drug-likeness (QED) is 0.586. The van der Waals surface area contributed by atoms with Gasteiger partial charge >= 0.3 is 6.16 Å². The number of ether oxygens (including phenoxy) is 2. The maximum atomic E-state index is 10.4. The fourth-order valence-electron chi connectivity index (χ4n) is 0.542. The highest BCUT2D eigenvalue weighted by atomic mass is 16.7. The van der Waals surface area contributed by atoms with E-state index in [1.807, 2.05) is 0 Å². The van der Waals surface area contributed by atoms with Crippen LogP contribution in [0.1, 0.15) is 6.92 Å². The molecule has 0 aromatic carbocycles. The molecule has 4 nitrogen and oxygen atoms in total. The number of carbonyl (C=O) groups excluding carboxylic acids is 1. The summed E-state index contributed by atoms with van der Waals surface area (Å²) in [6.45, 7) is 2.42. The molecular formula is C6H13NO3. The van der Waals surface area contributed by atoms with Crippen LogP contribution >= 0.6 is 0 Å². The lowest BCUT2D eigenvalue weighted by molar-refractivity contribution is 0.0442. The number of carbonyl (C=O) groups is 1. The number of methoxy groups -OCH3 is 1. The normalized spacial score (nSPS) is 12.3. The Morgan fingerprint density at radius 2 is 2.30 bits per heavy atom. The predicted octanol–water partition coefficient (Wildman–Crippen LogP) is 0.377. The van der Waals surface area contributed by atoms with E-state index in [0.29, 0.717) is 6.54 Å². The molecule has 0 bridgehead atoms. The molecule has 0 aromatic rings. The summed E-state index contributed by atoms with van der Waals surface area (Å²) in [6.07, 6.45) is -0.778. The molecule has 0 unspecified atom stereocenters. The Labute approximate surface area is 60.5 Å². The lowest BCUT2D eigenvalue weighted by Crippen LogP contribution is -2.26. The van der Waals surface area contributed by atoms with Crippen molar-refractivity contribution in [3.63, 3.8) is 0 Å². The Morgan fingerprint density at radius 1 is 1.70 bits per heavy atom. The summed E-state index contributed by atoms with van der Waals surface area (Å²) in [5.74, 6) is 0. The number of hydrogen-bond donors (Lipinski definition) is 1. The van der Waals surface area contributed by atoms with Gasteiger partial charge in [-0.05, 0) is 14.0 Å². The van der Waals surface area contributed by atoms with E-state index in [9.17, 15) is 4.79 Å². The van der Waals surface area contributed by atoms with Crippen LogP contribution < -0.4 is 5.32 Å². The summed E-state index contributed by atoms with van der Waals surface area (Å²) in [5, 5.41) is 2.86. The van der Waals surface area contributed by atoms with E-state index >= 15 is 0 Å². The molecule has 0 aliphatic carbocycles. The zero-order valence-electron chi connectivity index (χ0n) is 6.51. The molecule has 0 fully saturated rings. The van der Waals surface area contributed by atoms with E-state index in [4.69, 9.17) is 4.74 Å². The lowest BCUT2D eigenvalue weighted by Gasteiger charge is -2.10. The molecule has 0 aromatic heterocycles. The van der Waals surface area contributed by atoms with Crippen molar-refractivity contribution in [3.8, 4) is 0 Å². The predicted molar refractivity (Wildman–Crippen MR) is 36.9 cm³/mol. The number of hydrogen-bond acceptors (Lipinski definition) is 4. The molecule has 1 atom stereocenters. The third-order valence-corrected chi connectivity index (χ3v) is 0.956. The van der Waals surface area contributed by atoms with Crippen molar-refractivity contribution in [2.75, 3.05) is 20.7 Å². The van der Waals surface area contributed by atoms with Crippen molar-refractivity contribution in [3.05, 3.63) is 0 Å². The van der Waals surface area contributed by atoms with E-state index in [-0.39, 0.29) is 6.10 Å². The third-order valence-electron chi connectivity index (χ3n) is 0.956. The molecular weight excluding hydrogens is 134 g/mol. The van der Waals surface area contributed by atoms with Crippen molar-refractivity contribution in [1.82, 2.24) is 5.32 Å². The topological polar surface area (TPSA) is 47.6 Å². The van der Waals surface area contributed by atoms with Gasteiger partial charge < -0.3 is 14.8 Å². The molecule has 0 saturated carbocycles. The summed E-state index contributed by atoms with van der Waals surface area (Å²) in [6, 6.07) is 0. The molecule has 0 aliphatic rings. The maximum Gasteiger partial charge on any atom is 0.508 e. The molecule has 0 spiro atoms. The van der Waals surface area contributed by atoms with Crippen LogP contribution in [0.4, 0.5) is 4.79 Å². The summed E-state index contributed by atoms with van der Waals surface area (Å²) >= 11 is 0. The maximum absolute atomic E-state index is 10.4. The van der Waals surface area contributed by atoms with E-state index in [0.717, 1.165) is 0 Å². The largest absolute Gasteiger partial charge is 0.508 e. The highest BCUT2D eigenvalue weighted by Gasteiger charge is 2.06. The van der Waals surface area contributed by atoms with Gasteiger partial charge in [-0.25, -0.2) is 4.79 Å². The van der Waals surface area contributed by atoms with Crippen LogP contribution in [0.3, 0.4) is 0 Å². The van der Waals surface area contributed by atoms with Gasteiger partial charge in [-0.3, -0.25) is 0 Å². The Morgan fingerprint density at radius 3 is 2.70 bits per heavy atom. The van der Waals surface area contributed by atoms with Crippen LogP contribution in [0.5, 0.6) is 0 Å². The van der Waals surface area contributed by atoms with Crippen molar-refractivity contribution in [2.45, 2.75) is 13.0 Å². The second-order valence-corrected chi connectivity index (χ2v) is 1.94. The zero-order valence-corrected chi connectivity index (χ0v) is 6.51. The summed E-state index contributed by atoms with van der Waals surface area (Å²) in [7, 11) is 3.07. The Bertz CT molecular complexity index is 105. The van der Waals surface area contributed by atoms with E-state index in [1.165, 1.54) is 7.11 Å². The molecule has 0 aliphatic heterocycles. The van der Waals surface area contributed by atoms with Crippen LogP contribution in [0.25, 0.3) is 0 Å². The first-order valence-electron chi connectivity index (χ1n) is 3.10. The number of rotatable bonds is 3. The average Bonchev–Trinajstić information content (AvgIpc) is 1.88. The van der Waals surface area contributed by atoms with Crippen molar-refractivity contribution < 1.29 is 14.3 Å². The van der Waals surface area contributed by atoms with Crippen molar-refractivity contribution in [2.24, 2.45) is 0 Å². The van der Waals surface area contributed by atoms with Gasteiger partial charge in [0.1, 0.15) is 6.10 Å². The highest BCUT2D eigenvalue weighted by molar-refractivity contribution is 5.59. The van der Waals surface area contributed by atoms with Gasteiger partial charge in [0.05, 0.1) is 7.11 Å². The molecule has 0 amide bonds. The second kappa shape index (κ2) is 5.05. The first kappa shape index (κ1) is 9.23. The fraction of sp³-hybridized carbons (Fsp3) is 0.833. The Balaban J connectivity index is 3.37. The smallest absolute Gasteiger partial charge is 0.438 e. The fourth-order valence-corrected chi connectivity index (χ4v) is 0.542. The molecule has 60 valence electrons. The molecule has 0 radical (unpaired) electrons. The summed E-state index contributed by atoms with van der Waals surface area (Å²) < 4.78 is 8.99. The van der Waals surface area contributed by atoms with Crippen LogP contribution in [0, 0.1) is 0 Å². The van der Waals surface area contributed by atoms with Gasteiger partial charge in [0.15, 0.2) is 0 Å². The Hall–Kier alpha value is -0.770. The molecule has 1 N–H and O–H groups in total. The van der Waals surface area contributed by atoms with Gasteiger partial charge in [-0.1, -0.05) is 0 Å². The molecule has 10 heavy (non-hydrogen) atoms. The molecule has 4 heteroatoms. The number of nitrogens with one attached hydrogen (secondary N) is 1. The monoisotopic (exact) mass is 147 g/mol. The SMILES string of the molecule is CNC[C@H](C)OC(=O)OC. The molecule has 0 rings (SSSR count). The van der Waals surface area contributed by atoms with Gasteiger partial charge in [0.2, 0.25) is 0 Å². The van der Waals surface area contributed by atoms with E-state index < -0.39 is 6.16 Å². The van der Waals surface area contributed by atoms with Crippen molar-refractivity contribution in [1.29, 1.82) is 0 Å². The minimum Gasteiger partial charge on any atom is -0.438 e. The lowest BCUT2D eigenvalue weighted by atomic mass is 10.4. The second-order valence-electron chi connectivity index (χ2n) is 1.94. The zero-order chi connectivity index (χ0) is 7.98. The van der Waals surface area contributed by atoms with Gasteiger partial charge in [-0.2, -0.15) is 0 Å². The third kappa shape index (κ3) is 4.14. The minimum absolute atomic E-state index is 0.141. The van der Waals surface area contributed by atoms with Crippen LogP contribution in [-0.2, 0) is 9.47 Å². The van der Waals surface area contributed by atoms with Crippen LogP contribution in [0.15, 0.2) is 0 Å². The standard InChI is InChI=1S/C6H13NO3/c1-5(4-7-2)10-6(8)9-3/h5,7H,4H2,1-3H3/t5-/m0/s1. The van der Waals surface area contributed by atoms with Crippen LogP contribution in [0.2, 0.25) is 0 Å². The first-order valence-corrected chi connectivity index (χ1v) is 3.10. The summed E-state index contributed by atoms with van der Waals surface area (Å²) in [4.78, 5) is 10.4. The van der Waals surface area contributed by atoms with Gasteiger partial charge in [0, 0.05) is 6.54 Å². The van der Waals surface area contributed by atoms with E-state index in [2.05, 4.69) is 10.1 Å². The molecule has 0 heterocycles. The van der Waals surface area contributed by atoms with Gasteiger partial charge in [-0.15, -0.1) is 0 Å². The van der Waals surface area contributed by atoms with Gasteiger partial charge in [0.25, 0.3) is 0 Å². The average molecular weight is 147 g/mol. The first-order chi connectivity index (χ1) is 4.70.